The van der Waals surface area contributed by atoms with Crippen LogP contribution < -0.4 is 9.64 Å². The van der Waals surface area contributed by atoms with E-state index in [9.17, 15) is 19.5 Å². The maximum Gasteiger partial charge on any atom is 0.308 e. The first-order chi connectivity index (χ1) is 13.5. The van der Waals surface area contributed by atoms with Crippen molar-refractivity contribution in [3.63, 3.8) is 0 Å². The number of fused-ring (bicyclic) bond motifs is 1. The number of carboxylic acids is 1. The van der Waals surface area contributed by atoms with Gasteiger partial charge in [-0.1, -0.05) is 42.5 Å². The fourth-order valence-corrected chi connectivity index (χ4v) is 3.86. The highest BCUT2D eigenvalue weighted by Gasteiger charge is 2.41. The Bertz CT molecular complexity index is 914. The van der Waals surface area contributed by atoms with E-state index in [0.717, 1.165) is 5.56 Å². The summed E-state index contributed by atoms with van der Waals surface area (Å²) in [5.74, 6) is -1.86. The lowest BCUT2D eigenvalue weighted by Crippen LogP contribution is -2.46. The average Bonchev–Trinajstić information content (AvgIpc) is 3.17. The van der Waals surface area contributed by atoms with Crippen molar-refractivity contribution < 1.29 is 24.2 Å². The van der Waals surface area contributed by atoms with E-state index in [0.29, 0.717) is 18.0 Å². The van der Waals surface area contributed by atoms with Crippen molar-refractivity contribution in [2.24, 2.45) is 5.92 Å². The van der Waals surface area contributed by atoms with E-state index in [1.54, 1.807) is 29.2 Å². The Morgan fingerprint density at radius 2 is 1.75 bits per heavy atom. The van der Waals surface area contributed by atoms with E-state index in [2.05, 4.69) is 0 Å². The Kier molecular flexibility index (Phi) is 4.73. The van der Waals surface area contributed by atoms with Gasteiger partial charge >= 0.3 is 5.97 Å². The number of rotatable bonds is 4. The molecule has 0 aromatic heterocycles. The van der Waals surface area contributed by atoms with E-state index in [1.165, 1.54) is 4.90 Å². The molecule has 2 amide bonds. The molecule has 2 unspecified atom stereocenters. The maximum absolute atomic E-state index is 12.9. The second-order valence-corrected chi connectivity index (χ2v) is 7.00. The Morgan fingerprint density at radius 1 is 1.04 bits per heavy atom. The van der Waals surface area contributed by atoms with Gasteiger partial charge in [-0.2, -0.15) is 0 Å². The Hall–Kier alpha value is -3.35. The third-order valence-electron chi connectivity index (χ3n) is 5.32. The van der Waals surface area contributed by atoms with Crippen LogP contribution in [-0.4, -0.2) is 54.0 Å². The van der Waals surface area contributed by atoms with Crippen molar-refractivity contribution in [2.75, 3.05) is 31.1 Å². The molecule has 2 aromatic carbocycles. The normalized spacial score (nSPS) is 21.2. The molecule has 2 atom stereocenters. The van der Waals surface area contributed by atoms with Crippen LogP contribution in [-0.2, 0) is 14.4 Å². The van der Waals surface area contributed by atoms with Crippen molar-refractivity contribution in [1.82, 2.24) is 4.90 Å². The minimum Gasteiger partial charge on any atom is -0.482 e. The molecule has 144 valence electrons. The van der Waals surface area contributed by atoms with Gasteiger partial charge < -0.3 is 14.7 Å². The molecular weight excluding hydrogens is 360 g/mol. The van der Waals surface area contributed by atoms with Gasteiger partial charge in [-0.15, -0.1) is 0 Å². The molecule has 1 fully saturated rings. The molecule has 0 saturated carbocycles. The highest BCUT2D eigenvalue weighted by molar-refractivity contribution is 6.02. The molecule has 4 rings (SSSR count). The number of aliphatic carboxylic acids is 1. The fraction of sp³-hybridized carbons (Fsp3) is 0.286. The topological polar surface area (TPSA) is 87.2 Å². The van der Waals surface area contributed by atoms with Crippen LogP contribution >= 0.6 is 0 Å². The monoisotopic (exact) mass is 380 g/mol. The first kappa shape index (κ1) is 18.0. The van der Waals surface area contributed by atoms with Gasteiger partial charge in [0.2, 0.25) is 5.91 Å². The number of hydrogen-bond acceptors (Lipinski definition) is 4. The Morgan fingerprint density at radius 3 is 2.50 bits per heavy atom. The zero-order valence-corrected chi connectivity index (χ0v) is 15.2. The van der Waals surface area contributed by atoms with Crippen LogP contribution in [0.3, 0.4) is 0 Å². The lowest BCUT2D eigenvalue weighted by molar-refractivity contribution is -0.142. The number of anilines is 1. The molecule has 1 N–H and O–H groups in total. The largest absolute Gasteiger partial charge is 0.482 e. The van der Waals surface area contributed by atoms with Crippen molar-refractivity contribution in [2.45, 2.75) is 5.92 Å². The molecular formula is C21H20N2O5. The molecule has 0 aliphatic carbocycles. The van der Waals surface area contributed by atoms with E-state index in [-0.39, 0.29) is 37.4 Å². The van der Waals surface area contributed by atoms with Gasteiger partial charge in [0.25, 0.3) is 5.91 Å². The number of amides is 2. The van der Waals surface area contributed by atoms with Crippen molar-refractivity contribution in [3.05, 3.63) is 60.2 Å². The zero-order valence-electron chi connectivity index (χ0n) is 15.2. The van der Waals surface area contributed by atoms with Gasteiger partial charge in [0.15, 0.2) is 6.61 Å². The molecule has 2 aliphatic heterocycles. The zero-order chi connectivity index (χ0) is 19.7. The van der Waals surface area contributed by atoms with Crippen molar-refractivity contribution in [3.8, 4) is 5.75 Å². The summed E-state index contributed by atoms with van der Waals surface area (Å²) in [5.41, 5.74) is 1.46. The lowest BCUT2D eigenvalue weighted by Gasteiger charge is -2.30. The SMILES string of the molecule is O=C(O)C1CN(C(=O)CN2C(=O)COc3ccccc32)CC1c1ccccc1. The number of nitrogens with zero attached hydrogens (tertiary/aromatic N) is 2. The minimum absolute atomic E-state index is 0.116. The summed E-state index contributed by atoms with van der Waals surface area (Å²) in [5, 5.41) is 9.62. The number of likely N-dealkylation sites (tertiary alicyclic amines) is 1. The number of carbonyl (C=O) groups is 3. The number of ether oxygens (including phenoxy) is 1. The van der Waals surface area contributed by atoms with Crippen LogP contribution in [0.4, 0.5) is 5.69 Å². The second kappa shape index (κ2) is 7.34. The third-order valence-corrected chi connectivity index (χ3v) is 5.32. The molecule has 28 heavy (non-hydrogen) atoms. The second-order valence-electron chi connectivity index (χ2n) is 7.00. The third kappa shape index (κ3) is 3.31. The lowest BCUT2D eigenvalue weighted by atomic mass is 9.89. The quantitative estimate of drug-likeness (QED) is 0.873. The van der Waals surface area contributed by atoms with Crippen LogP contribution in [0.2, 0.25) is 0 Å². The molecule has 2 heterocycles. The Balaban J connectivity index is 1.53. The minimum atomic E-state index is -0.919. The number of hydrogen-bond donors (Lipinski definition) is 1. The van der Waals surface area contributed by atoms with Crippen molar-refractivity contribution >= 4 is 23.5 Å². The summed E-state index contributed by atoms with van der Waals surface area (Å²) in [6.07, 6.45) is 0. The summed E-state index contributed by atoms with van der Waals surface area (Å²) in [7, 11) is 0. The van der Waals surface area contributed by atoms with Crippen LogP contribution in [0.25, 0.3) is 0 Å². The van der Waals surface area contributed by atoms with Gasteiger partial charge in [0.05, 0.1) is 11.6 Å². The van der Waals surface area contributed by atoms with Gasteiger partial charge in [0.1, 0.15) is 12.3 Å². The van der Waals surface area contributed by atoms with Gasteiger partial charge in [0, 0.05) is 19.0 Å². The smallest absolute Gasteiger partial charge is 0.308 e. The summed E-state index contributed by atoms with van der Waals surface area (Å²) >= 11 is 0. The average molecular weight is 380 g/mol. The first-order valence-corrected chi connectivity index (χ1v) is 9.12. The van der Waals surface area contributed by atoms with Crippen LogP contribution in [0.5, 0.6) is 5.75 Å². The summed E-state index contributed by atoms with van der Waals surface area (Å²) in [4.78, 5) is 39.9. The number of carbonyl (C=O) groups excluding carboxylic acids is 2. The van der Waals surface area contributed by atoms with E-state index < -0.39 is 11.9 Å². The number of para-hydroxylation sites is 2. The molecule has 0 bridgehead atoms. The van der Waals surface area contributed by atoms with E-state index >= 15 is 0 Å². The van der Waals surface area contributed by atoms with Crippen LogP contribution in [0, 0.1) is 5.92 Å². The van der Waals surface area contributed by atoms with Crippen LogP contribution in [0.1, 0.15) is 11.5 Å². The highest BCUT2D eigenvalue weighted by Crippen LogP contribution is 2.34. The van der Waals surface area contributed by atoms with Gasteiger partial charge in [-0.05, 0) is 17.7 Å². The molecule has 7 nitrogen and oxygen atoms in total. The van der Waals surface area contributed by atoms with E-state index in [1.807, 2.05) is 30.3 Å². The molecule has 2 aromatic rings. The van der Waals surface area contributed by atoms with Gasteiger partial charge in [-0.25, -0.2) is 0 Å². The summed E-state index contributed by atoms with van der Waals surface area (Å²) in [6.45, 7) is 0.204. The molecule has 7 heteroatoms. The standard InChI is InChI=1S/C21H20N2O5/c24-19(12-23-17-8-4-5-9-18(17)28-13-20(23)25)22-10-15(16(11-22)21(26)27)14-6-2-1-3-7-14/h1-9,15-16H,10-13H2,(H,26,27). The summed E-state index contributed by atoms with van der Waals surface area (Å²) in [6, 6.07) is 16.4. The highest BCUT2D eigenvalue weighted by atomic mass is 16.5. The molecule has 2 aliphatic rings. The predicted molar refractivity (Wildman–Crippen MR) is 101 cm³/mol. The summed E-state index contributed by atoms with van der Waals surface area (Å²) < 4.78 is 5.40. The Labute approximate surface area is 162 Å². The van der Waals surface area contributed by atoms with Gasteiger partial charge in [-0.3, -0.25) is 19.3 Å². The van der Waals surface area contributed by atoms with E-state index in [4.69, 9.17) is 4.74 Å². The van der Waals surface area contributed by atoms with Crippen molar-refractivity contribution in [1.29, 1.82) is 0 Å². The fourth-order valence-electron chi connectivity index (χ4n) is 3.86. The first-order valence-electron chi connectivity index (χ1n) is 9.12. The number of benzene rings is 2. The molecule has 0 radical (unpaired) electrons. The predicted octanol–water partition coefficient (Wildman–Crippen LogP) is 1.74. The number of carboxylic acid groups (broad SMARTS) is 1. The molecule has 0 spiro atoms. The molecule has 1 saturated heterocycles. The maximum atomic E-state index is 12.9. The van der Waals surface area contributed by atoms with Crippen LogP contribution in [0.15, 0.2) is 54.6 Å².